The second-order valence-electron chi connectivity index (χ2n) is 6.53. The summed E-state index contributed by atoms with van der Waals surface area (Å²) in [6.07, 6.45) is 23.5. The summed E-state index contributed by atoms with van der Waals surface area (Å²) < 4.78 is 0. The molecule has 0 spiro atoms. The summed E-state index contributed by atoms with van der Waals surface area (Å²) in [4.78, 5) is 10.8. The third kappa shape index (κ3) is 19.4. The van der Waals surface area contributed by atoms with Gasteiger partial charge in [-0.1, -0.05) is 63.5 Å². The number of rotatable bonds is 17. The summed E-state index contributed by atoms with van der Waals surface area (Å²) in [5.74, 6) is 0.334. The molecule has 0 unspecified atom stereocenters. The summed E-state index contributed by atoms with van der Waals surface area (Å²) in [5, 5.41) is 0. The molecule has 0 radical (unpaired) electrons. The molecule has 0 aromatic carbocycles. The molecule has 0 aromatic rings. The minimum atomic E-state index is 0.334. The van der Waals surface area contributed by atoms with Gasteiger partial charge in [-0.3, -0.25) is 0 Å². The van der Waals surface area contributed by atoms with Crippen molar-refractivity contribution in [3.63, 3.8) is 0 Å². The van der Waals surface area contributed by atoms with Crippen molar-refractivity contribution in [1.29, 1.82) is 0 Å². The lowest BCUT2D eigenvalue weighted by Gasteiger charge is -2.00. The van der Waals surface area contributed by atoms with Gasteiger partial charge in [-0.15, -0.1) is 0 Å². The van der Waals surface area contributed by atoms with Crippen LogP contribution in [0.5, 0.6) is 0 Å². The molecular weight excluding hydrogens is 270 g/mol. The summed E-state index contributed by atoms with van der Waals surface area (Å²) in [7, 11) is 0. The van der Waals surface area contributed by atoms with Crippen molar-refractivity contribution >= 4 is 5.78 Å². The van der Waals surface area contributed by atoms with E-state index in [1.54, 1.807) is 6.92 Å². The number of unbranched alkanes of at least 4 members (excludes halogenated alkanes) is 12. The molecular formula is C20H39NO. The Morgan fingerprint density at radius 1 is 0.682 bits per heavy atom. The first-order chi connectivity index (χ1) is 10.8. The Morgan fingerprint density at radius 3 is 1.55 bits per heavy atom. The summed E-state index contributed by atoms with van der Waals surface area (Å²) in [6, 6.07) is 0. The molecule has 2 N–H and O–H groups in total. The number of carbonyl (C=O) groups is 1. The highest BCUT2D eigenvalue weighted by atomic mass is 16.1. The first kappa shape index (κ1) is 21.4. The maximum absolute atomic E-state index is 10.8. The van der Waals surface area contributed by atoms with Crippen molar-refractivity contribution in [1.82, 2.24) is 0 Å². The Balaban J connectivity index is 3.07. The summed E-state index contributed by atoms with van der Waals surface area (Å²) >= 11 is 0. The van der Waals surface area contributed by atoms with Crippen LogP contribution in [0.3, 0.4) is 0 Å². The maximum atomic E-state index is 10.8. The van der Waals surface area contributed by atoms with E-state index < -0.39 is 0 Å². The lowest BCUT2D eigenvalue weighted by atomic mass is 10.1. The van der Waals surface area contributed by atoms with E-state index in [1.807, 2.05) is 0 Å². The molecule has 2 nitrogen and oxygen atoms in total. The number of nitrogens with two attached hydrogens (primary N) is 1. The van der Waals surface area contributed by atoms with Crippen LogP contribution in [0.25, 0.3) is 0 Å². The van der Waals surface area contributed by atoms with Gasteiger partial charge in [0.15, 0.2) is 0 Å². The van der Waals surface area contributed by atoms with Crippen LogP contribution in [-0.2, 0) is 4.79 Å². The molecule has 0 saturated heterocycles. The molecule has 0 rings (SSSR count). The van der Waals surface area contributed by atoms with Crippen LogP contribution in [0, 0.1) is 0 Å². The molecule has 0 saturated carbocycles. The smallest absolute Gasteiger partial charge is 0.129 e. The van der Waals surface area contributed by atoms with Crippen molar-refractivity contribution in [2.24, 2.45) is 5.73 Å². The highest BCUT2D eigenvalue weighted by Crippen LogP contribution is 2.10. The van der Waals surface area contributed by atoms with E-state index >= 15 is 0 Å². The number of hydrogen-bond donors (Lipinski definition) is 1. The Hall–Kier alpha value is -0.630. The number of Topliss-reactive ketones (excluding diaryl/α,β-unsaturated/α-hetero) is 1. The van der Waals surface area contributed by atoms with E-state index in [2.05, 4.69) is 12.2 Å². The fraction of sp³-hybridized carbons (Fsp3) is 0.850. The zero-order valence-electron chi connectivity index (χ0n) is 15.0. The zero-order chi connectivity index (χ0) is 16.3. The molecule has 0 amide bonds. The van der Waals surface area contributed by atoms with Crippen molar-refractivity contribution < 1.29 is 4.79 Å². The Labute approximate surface area is 138 Å². The quantitative estimate of drug-likeness (QED) is 0.267. The van der Waals surface area contributed by atoms with E-state index in [4.69, 9.17) is 5.73 Å². The lowest BCUT2D eigenvalue weighted by Crippen LogP contribution is -1.97. The van der Waals surface area contributed by atoms with Crippen LogP contribution in [0.4, 0.5) is 0 Å². The topological polar surface area (TPSA) is 43.1 Å². The molecule has 0 aromatic heterocycles. The molecule has 0 bridgehead atoms. The van der Waals surface area contributed by atoms with Gasteiger partial charge in [0.05, 0.1) is 0 Å². The second-order valence-corrected chi connectivity index (χ2v) is 6.53. The minimum absolute atomic E-state index is 0.334. The van der Waals surface area contributed by atoms with Crippen LogP contribution in [0.15, 0.2) is 12.2 Å². The van der Waals surface area contributed by atoms with Crippen LogP contribution in [0.1, 0.15) is 103 Å². The number of allylic oxidation sites excluding steroid dienone is 2. The average molecular weight is 310 g/mol. The van der Waals surface area contributed by atoms with Gasteiger partial charge in [0, 0.05) is 6.42 Å². The molecule has 22 heavy (non-hydrogen) atoms. The van der Waals surface area contributed by atoms with Crippen LogP contribution in [0.2, 0.25) is 0 Å². The van der Waals surface area contributed by atoms with Crippen LogP contribution < -0.4 is 5.73 Å². The molecule has 130 valence electrons. The van der Waals surface area contributed by atoms with Crippen molar-refractivity contribution in [3.05, 3.63) is 12.2 Å². The molecule has 0 atom stereocenters. The standard InChI is InChI=1S/C20H39NO/c1-20(22)18-16-14-12-10-8-6-4-2-3-5-7-9-11-13-15-17-19-21/h2-3H,4-19,21H2,1H3. The number of hydrogen-bond acceptors (Lipinski definition) is 2. The third-order valence-electron chi connectivity index (χ3n) is 4.14. The van der Waals surface area contributed by atoms with Gasteiger partial charge < -0.3 is 10.5 Å². The Bertz CT molecular complexity index is 260. The van der Waals surface area contributed by atoms with Gasteiger partial charge >= 0.3 is 0 Å². The van der Waals surface area contributed by atoms with Gasteiger partial charge in [-0.25, -0.2) is 0 Å². The van der Waals surface area contributed by atoms with Crippen molar-refractivity contribution in [2.75, 3.05) is 6.54 Å². The lowest BCUT2D eigenvalue weighted by molar-refractivity contribution is -0.117. The molecule has 2 heteroatoms. The van der Waals surface area contributed by atoms with E-state index in [1.165, 1.54) is 83.5 Å². The molecule has 0 aliphatic heterocycles. The van der Waals surface area contributed by atoms with Gasteiger partial charge in [0.2, 0.25) is 0 Å². The van der Waals surface area contributed by atoms with Gasteiger partial charge in [0.1, 0.15) is 5.78 Å². The zero-order valence-corrected chi connectivity index (χ0v) is 15.0. The molecule has 0 heterocycles. The highest BCUT2D eigenvalue weighted by molar-refractivity contribution is 5.75. The average Bonchev–Trinajstić information content (AvgIpc) is 2.50. The predicted molar refractivity (Wildman–Crippen MR) is 98.1 cm³/mol. The fourth-order valence-electron chi connectivity index (χ4n) is 2.69. The normalized spacial score (nSPS) is 11.4. The van der Waals surface area contributed by atoms with Gasteiger partial charge in [0.25, 0.3) is 0 Å². The molecule has 0 aliphatic carbocycles. The number of ketones is 1. The second kappa shape index (κ2) is 18.4. The molecule has 0 aliphatic rings. The Kier molecular flexibility index (Phi) is 17.9. The highest BCUT2D eigenvalue weighted by Gasteiger charge is 1.94. The van der Waals surface area contributed by atoms with Crippen molar-refractivity contribution in [3.8, 4) is 0 Å². The number of carbonyl (C=O) groups excluding carboxylic acids is 1. The third-order valence-corrected chi connectivity index (χ3v) is 4.14. The van der Waals surface area contributed by atoms with E-state index in [0.717, 1.165) is 19.4 Å². The molecule has 0 fully saturated rings. The summed E-state index contributed by atoms with van der Waals surface area (Å²) in [5.41, 5.74) is 5.48. The Morgan fingerprint density at radius 2 is 1.09 bits per heavy atom. The van der Waals surface area contributed by atoms with Crippen molar-refractivity contribution in [2.45, 2.75) is 103 Å². The van der Waals surface area contributed by atoms with E-state index in [-0.39, 0.29) is 0 Å². The minimum Gasteiger partial charge on any atom is -0.330 e. The fourth-order valence-corrected chi connectivity index (χ4v) is 2.69. The van der Waals surface area contributed by atoms with Crippen LogP contribution >= 0.6 is 0 Å². The largest absolute Gasteiger partial charge is 0.330 e. The monoisotopic (exact) mass is 309 g/mol. The van der Waals surface area contributed by atoms with Crippen LogP contribution in [-0.4, -0.2) is 12.3 Å². The predicted octanol–water partition coefficient (Wildman–Crippen LogP) is 5.94. The van der Waals surface area contributed by atoms with Gasteiger partial charge in [-0.05, 0) is 52.0 Å². The first-order valence-corrected chi connectivity index (χ1v) is 9.62. The van der Waals surface area contributed by atoms with Gasteiger partial charge in [-0.2, -0.15) is 0 Å². The maximum Gasteiger partial charge on any atom is 0.129 e. The summed E-state index contributed by atoms with van der Waals surface area (Å²) in [6.45, 7) is 2.54. The van der Waals surface area contributed by atoms with E-state index in [9.17, 15) is 4.79 Å². The first-order valence-electron chi connectivity index (χ1n) is 9.62. The SMILES string of the molecule is CC(=O)CCCCCCCCC=CCCCCCCCCN. The van der Waals surface area contributed by atoms with E-state index in [0.29, 0.717) is 5.78 Å².